The smallest absolute Gasteiger partial charge is 0.0620 e. The van der Waals surface area contributed by atoms with Crippen molar-refractivity contribution >= 4 is 0 Å². The van der Waals surface area contributed by atoms with Crippen molar-refractivity contribution in [2.75, 3.05) is 13.2 Å². The van der Waals surface area contributed by atoms with Crippen LogP contribution in [0.2, 0.25) is 0 Å². The number of fused-ring (bicyclic) bond motifs is 2. The monoisotopic (exact) mass is 197 g/mol. The molecular weight excluding hydrogens is 174 g/mol. The Kier molecular flexibility index (Phi) is 3.45. The predicted octanol–water partition coefficient (Wildman–Crippen LogP) is 2.18. The number of rotatable bonds is 5. The van der Waals surface area contributed by atoms with E-state index in [1.165, 1.54) is 25.7 Å². The molecule has 0 saturated heterocycles. The first-order valence-corrected chi connectivity index (χ1v) is 6.14. The second-order valence-electron chi connectivity index (χ2n) is 5.08. The van der Waals surface area contributed by atoms with Crippen molar-refractivity contribution in [3.8, 4) is 0 Å². The van der Waals surface area contributed by atoms with Gasteiger partial charge < -0.3 is 10.5 Å². The van der Waals surface area contributed by atoms with E-state index in [1.54, 1.807) is 0 Å². The van der Waals surface area contributed by atoms with Gasteiger partial charge in [-0.05, 0) is 43.4 Å². The summed E-state index contributed by atoms with van der Waals surface area (Å²) in [6, 6.07) is 0.303. The van der Waals surface area contributed by atoms with Gasteiger partial charge in [0.25, 0.3) is 0 Å². The Hall–Kier alpha value is -0.0800. The molecule has 4 unspecified atom stereocenters. The highest BCUT2D eigenvalue weighted by molar-refractivity contribution is 4.94. The molecule has 0 aromatic heterocycles. The van der Waals surface area contributed by atoms with Gasteiger partial charge in [-0.15, -0.1) is 0 Å². The van der Waals surface area contributed by atoms with Crippen molar-refractivity contribution in [2.24, 2.45) is 23.5 Å². The lowest BCUT2D eigenvalue weighted by molar-refractivity contribution is 0.0943. The van der Waals surface area contributed by atoms with Crippen LogP contribution in [0.4, 0.5) is 0 Å². The summed E-state index contributed by atoms with van der Waals surface area (Å²) in [7, 11) is 0. The molecule has 2 aliphatic rings. The Balaban J connectivity index is 1.72. The molecule has 0 aliphatic heterocycles. The van der Waals surface area contributed by atoms with E-state index < -0.39 is 0 Å². The second kappa shape index (κ2) is 4.63. The molecule has 2 nitrogen and oxygen atoms in total. The fraction of sp³-hybridized carbons (Fsp3) is 1.00. The van der Waals surface area contributed by atoms with Crippen LogP contribution in [0.25, 0.3) is 0 Å². The van der Waals surface area contributed by atoms with Gasteiger partial charge >= 0.3 is 0 Å². The van der Waals surface area contributed by atoms with Crippen molar-refractivity contribution in [1.29, 1.82) is 0 Å². The van der Waals surface area contributed by atoms with Gasteiger partial charge in [0.15, 0.2) is 0 Å². The first-order valence-electron chi connectivity index (χ1n) is 6.14. The van der Waals surface area contributed by atoms with Crippen LogP contribution in [0.1, 0.15) is 39.0 Å². The van der Waals surface area contributed by atoms with Crippen LogP contribution in [0.15, 0.2) is 0 Å². The van der Waals surface area contributed by atoms with E-state index in [-0.39, 0.29) is 0 Å². The highest BCUT2D eigenvalue weighted by atomic mass is 16.5. The minimum Gasteiger partial charge on any atom is -0.380 e. The van der Waals surface area contributed by atoms with Gasteiger partial charge in [0.05, 0.1) is 6.61 Å². The highest BCUT2D eigenvalue weighted by Gasteiger charge is 2.41. The Labute approximate surface area is 87.2 Å². The van der Waals surface area contributed by atoms with Gasteiger partial charge in [0, 0.05) is 12.6 Å². The van der Waals surface area contributed by atoms with Crippen molar-refractivity contribution in [3.05, 3.63) is 0 Å². The molecule has 0 aromatic carbocycles. The van der Waals surface area contributed by atoms with Crippen molar-refractivity contribution in [3.63, 3.8) is 0 Å². The van der Waals surface area contributed by atoms with Crippen LogP contribution in [0.5, 0.6) is 0 Å². The fourth-order valence-electron chi connectivity index (χ4n) is 3.31. The largest absolute Gasteiger partial charge is 0.380 e. The molecule has 0 aromatic rings. The van der Waals surface area contributed by atoms with Crippen LogP contribution < -0.4 is 5.73 Å². The Bertz CT molecular complexity index is 183. The Morgan fingerprint density at radius 3 is 2.79 bits per heavy atom. The SMILES string of the molecule is CCCOCC(N)C1CC2CCC1C2. The summed E-state index contributed by atoms with van der Waals surface area (Å²) >= 11 is 0. The average molecular weight is 197 g/mol. The van der Waals surface area contributed by atoms with Crippen LogP contribution in [-0.4, -0.2) is 19.3 Å². The number of ether oxygens (including phenoxy) is 1. The van der Waals surface area contributed by atoms with Gasteiger partial charge in [-0.1, -0.05) is 13.3 Å². The van der Waals surface area contributed by atoms with E-state index in [0.29, 0.717) is 6.04 Å². The molecule has 0 amide bonds. The molecule has 4 atom stereocenters. The van der Waals surface area contributed by atoms with E-state index in [2.05, 4.69) is 6.92 Å². The summed E-state index contributed by atoms with van der Waals surface area (Å²) in [5.74, 6) is 2.70. The molecule has 82 valence electrons. The standard InChI is InChI=1S/C12H23NO/c1-2-5-14-8-12(13)11-7-9-3-4-10(11)6-9/h9-12H,2-8,13H2,1H3. The number of hydrogen-bond acceptors (Lipinski definition) is 2. The van der Waals surface area contributed by atoms with Gasteiger partial charge in [-0.25, -0.2) is 0 Å². The van der Waals surface area contributed by atoms with Crippen LogP contribution in [0.3, 0.4) is 0 Å². The molecule has 0 spiro atoms. The van der Waals surface area contributed by atoms with E-state index in [9.17, 15) is 0 Å². The maximum Gasteiger partial charge on any atom is 0.0620 e. The maximum atomic E-state index is 6.18. The molecule has 0 heterocycles. The summed E-state index contributed by atoms with van der Waals surface area (Å²) in [5.41, 5.74) is 6.18. The molecule has 2 fully saturated rings. The summed E-state index contributed by atoms with van der Waals surface area (Å²) in [6.45, 7) is 3.79. The summed E-state index contributed by atoms with van der Waals surface area (Å²) in [5, 5.41) is 0. The molecule has 14 heavy (non-hydrogen) atoms. The van der Waals surface area contributed by atoms with Gasteiger partial charge in [0.2, 0.25) is 0 Å². The second-order valence-corrected chi connectivity index (χ2v) is 5.08. The van der Waals surface area contributed by atoms with E-state index >= 15 is 0 Å². The molecule has 0 radical (unpaired) electrons. The third-order valence-electron chi connectivity index (χ3n) is 4.00. The maximum absolute atomic E-state index is 6.18. The number of hydrogen-bond donors (Lipinski definition) is 1. The molecule has 2 bridgehead atoms. The summed E-state index contributed by atoms with van der Waals surface area (Å²) < 4.78 is 5.54. The lowest BCUT2D eigenvalue weighted by Crippen LogP contribution is -2.37. The van der Waals surface area contributed by atoms with E-state index in [0.717, 1.165) is 37.4 Å². The summed E-state index contributed by atoms with van der Waals surface area (Å²) in [6.07, 6.45) is 6.82. The lowest BCUT2D eigenvalue weighted by Gasteiger charge is -2.27. The summed E-state index contributed by atoms with van der Waals surface area (Å²) in [4.78, 5) is 0. The lowest BCUT2D eigenvalue weighted by atomic mass is 9.84. The van der Waals surface area contributed by atoms with Crippen LogP contribution in [-0.2, 0) is 4.74 Å². The quantitative estimate of drug-likeness (QED) is 0.686. The van der Waals surface area contributed by atoms with E-state index in [1.807, 2.05) is 0 Å². The Morgan fingerprint density at radius 2 is 2.21 bits per heavy atom. The molecule has 2 rings (SSSR count). The van der Waals surface area contributed by atoms with Crippen molar-refractivity contribution < 1.29 is 4.74 Å². The zero-order valence-corrected chi connectivity index (χ0v) is 9.24. The predicted molar refractivity (Wildman–Crippen MR) is 58.0 cm³/mol. The minimum absolute atomic E-state index is 0.303. The van der Waals surface area contributed by atoms with Crippen LogP contribution in [0, 0.1) is 17.8 Å². The normalized spacial score (nSPS) is 37.7. The topological polar surface area (TPSA) is 35.2 Å². The number of nitrogens with two attached hydrogens (primary N) is 1. The molecule has 2 aliphatic carbocycles. The van der Waals surface area contributed by atoms with E-state index in [4.69, 9.17) is 10.5 Å². The fourth-order valence-corrected chi connectivity index (χ4v) is 3.31. The minimum atomic E-state index is 0.303. The average Bonchev–Trinajstić information content (AvgIpc) is 2.79. The first-order chi connectivity index (χ1) is 6.81. The zero-order chi connectivity index (χ0) is 9.97. The highest BCUT2D eigenvalue weighted by Crippen LogP contribution is 2.49. The zero-order valence-electron chi connectivity index (χ0n) is 9.24. The van der Waals surface area contributed by atoms with Gasteiger partial charge in [-0.3, -0.25) is 0 Å². The third kappa shape index (κ3) is 2.12. The molecule has 2 heteroatoms. The van der Waals surface area contributed by atoms with Crippen molar-refractivity contribution in [1.82, 2.24) is 0 Å². The van der Waals surface area contributed by atoms with Crippen molar-refractivity contribution in [2.45, 2.75) is 45.1 Å². The molecule has 2 N–H and O–H groups in total. The molecule has 2 saturated carbocycles. The Morgan fingerprint density at radius 1 is 1.36 bits per heavy atom. The van der Waals surface area contributed by atoms with Gasteiger partial charge in [0.1, 0.15) is 0 Å². The van der Waals surface area contributed by atoms with Gasteiger partial charge in [-0.2, -0.15) is 0 Å². The third-order valence-corrected chi connectivity index (χ3v) is 4.00. The first kappa shape index (κ1) is 10.4. The molecular formula is C12H23NO. The van der Waals surface area contributed by atoms with Crippen LogP contribution >= 0.6 is 0 Å².